The molecule has 0 aromatic carbocycles. The summed E-state index contributed by atoms with van der Waals surface area (Å²) in [6.45, 7) is 3.24. The quantitative estimate of drug-likeness (QED) is 0.850. The van der Waals surface area contributed by atoms with Crippen LogP contribution in [-0.4, -0.2) is 33.7 Å². The molecule has 2 rings (SSSR count). The van der Waals surface area contributed by atoms with Crippen LogP contribution in [-0.2, 0) is 4.79 Å². The van der Waals surface area contributed by atoms with Crippen molar-refractivity contribution in [2.45, 2.75) is 38.6 Å². The third kappa shape index (κ3) is 2.77. The summed E-state index contributed by atoms with van der Waals surface area (Å²) in [5, 5.41) is 4.75. The van der Waals surface area contributed by atoms with Crippen LogP contribution in [0.25, 0.3) is 0 Å². The fourth-order valence-corrected chi connectivity index (χ4v) is 2.65. The van der Waals surface area contributed by atoms with Gasteiger partial charge in [-0.3, -0.25) is 4.79 Å². The van der Waals surface area contributed by atoms with Gasteiger partial charge in [0.15, 0.2) is 0 Å². The number of carbonyl (C=O) groups excluding carboxylic acids is 1. The van der Waals surface area contributed by atoms with Crippen molar-refractivity contribution >= 4 is 23.2 Å². The van der Waals surface area contributed by atoms with Gasteiger partial charge in [-0.25, -0.2) is 4.68 Å². The number of hydrogen-bond acceptors (Lipinski definition) is 3. The lowest BCUT2D eigenvalue weighted by molar-refractivity contribution is -0.129. The maximum atomic E-state index is 11.4. The smallest absolute Gasteiger partial charge is 0.219 e. The SMILES string of the molecule is CC(=O)N1CCCCC(n2ncc(N)c2Cl)CC1. The van der Waals surface area contributed by atoms with Gasteiger partial charge in [0.1, 0.15) is 5.15 Å². The number of nitrogen functional groups attached to an aromatic ring is 1. The molecule has 1 aliphatic heterocycles. The summed E-state index contributed by atoms with van der Waals surface area (Å²) in [4.78, 5) is 13.3. The van der Waals surface area contributed by atoms with Gasteiger partial charge in [-0.05, 0) is 25.7 Å². The Bertz CT molecular complexity index is 432. The molecule has 18 heavy (non-hydrogen) atoms. The first kappa shape index (κ1) is 13.2. The predicted octanol–water partition coefficient (Wildman–Crippen LogP) is 2.08. The molecular formula is C12H19ClN4O. The van der Waals surface area contributed by atoms with Crippen LogP contribution in [0.4, 0.5) is 5.69 Å². The largest absolute Gasteiger partial charge is 0.395 e. The van der Waals surface area contributed by atoms with Crippen molar-refractivity contribution in [2.24, 2.45) is 0 Å². The Labute approximate surface area is 112 Å². The normalized spacial score (nSPS) is 21.4. The molecule has 1 atom stereocenters. The molecule has 1 saturated heterocycles. The molecule has 1 unspecified atom stereocenters. The summed E-state index contributed by atoms with van der Waals surface area (Å²) < 4.78 is 1.79. The van der Waals surface area contributed by atoms with E-state index >= 15 is 0 Å². The van der Waals surface area contributed by atoms with Gasteiger partial charge in [0.05, 0.1) is 17.9 Å². The second-order valence-electron chi connectivity index (χ2n) is 4.78. The minimum Gasteiger partial charge on any atom is -0.395 e. The molecule has 5 nitrogen and oxygen atoms in total. The standard InChI is InChI=1S/C12H19ClN4O/c1-9(18)16-6-3-2-4-10(5-7-16)17-12(13)11(14)8-15-17/h8,10H,2-7,14H2,1H3. The summed E-state index contributed by atoms with van der Waals surface area (Å²) in [5.74, 6) is 0.140. The third-order valence-corrected chi connectivity index (χ3v) is 3.89. The number of amides is 1. The van der Waals surface area contributed by atoms with E-state index in [1.54, 1.807) is 17.8 Å². The number of anilines is 1. The number of likely N-dealkylation sites (tertiary alicyclic amines) is 1. The van der Waals surface area contributed by atoms with E-state index in [1.165, 1.54) is 0 Å². The van der Waals surface area contributed by atoms with E-state index in [9.17, 15) is 4.79 Å². The Morgan fingerprint density at radius 2 is 2.22 bits per heavy atom. The van der Waals surface area contributed by atoms with Crippen molar-refractivity contribution in [1.29, 1.82) is 0 Å². The fraction of sp³-hybridized carbons (Fsp3) is 0.667. The van der Waals surface area contributed by atoms with Gasteiger partial charge in [0.2, 0.25) is 5.91 Å². The Morgan fingerprint density at radius 1 is 1.44 bits per heavy atom. The van der Waals surface area contributed by atoms with Crippen LogP contribution in [0.15, 0.2) is 6.20 Å². The molecule has 1 amide bonds. The molecule has 0 spiro atoms. The van der Waals surface area contributed by atoms with Crippen LogP contribution in [0.1, 0.15) is 38.6 Å². The summed E-state index contributed by atoms with van der Waals surface area (Å²) >= 11 is 6.13. The molecule has 2 heterocycles. The van der Waals surface area contributed by atoms with Gasteiger partial charge in [-0.2, -0.15) is 5.10 Å². The van der Waals surface area contributed by atoms with Gasteiger partial charge >= 0.3 is 0 Å². The lowest BCUT2D eigenvalue weighted by atomic mass is 10.0. The first-order chi connectivity index (χ1) is 8.59. The highest BCUT2D eigenvalue weighted by Gasteiger charge is 2.21. The van der Waals surface area contributed by atoms with Gasteiger partial charge in [-0.1, -0.05) is 11.6 Å². The topological polar surface area (TPSA) is 64.2 Å². The van der Waals surface area contributed by atoms with Gasteiger partial charge < -0.3 is 10.6 Å². The molecule has 2 N–H and O–H groups in total. The second-order valence-corrected chi connectivity index (χ2v) is 5.14. The molecule has 0 radical (unpaired) electrons. The molecular weight excluding hydrogens is 252 g/mol. The molecule has 6 heteroatoms. The van der Waals surface area contributed by atoms with Crippen LogP contribution < -0.4 is 5.73 Å². The Hall–Kier alpha value is -1.23. The molecule has 1 aromatic heterocycles. The summed E-state index contributed by atoms with van der Waals surface area (Å²) in [6.07, 6.45) is 5.60. The number of aromatic nitrogens is 2. The maximum Gasteiger partial charge on any atom is 0.219 e. The number of halogens is 1. The van der Waals surface area contributed by atoms with E-state index in [-0.39, 0.29) is 11.9 Å². The highest BCUT2D eigenvalue weighted by atomic mass is 35.5. The van der Waals surface area contributed by atoms with Crippen LogP contribution in [0.2, 0.25) is 5.15 Å². The molecule has 100 valence electrons. The number of carbonyl (C=O) groups is 1. The monoisotopic (exact) mass is 270 g/mol. The summed E-state index contributed by atoms with van der Waals surface area (Å²) in [7, 11) is 0. The first-order valence-corrected chi connectivity index (χ1v) is 6.71. The molecule has 1 aliphatic rings. The van der Waals surface area contributed by atoms with E-state index in [2.05, 4.69) is 5.10 Å². The van der Waals surface area contributed by atoms with E-state index in [4.69, 9.17) is 17.3 Å². The van der Waals surface area contributed by atoms with Gasteiger partial charge in [0, 0.05) is 20.0 Å². The van der Waals surface area contributed by atoms with Crippen LogP contribution in [0, 0.1) is 0 Å². The highest BCUT2D eigenvalue weighted by Crippen LogP contribution is 2.28. The minimum absolute atomic E-state index is 0.140. The third-order valence-electron chi connectivity index (χ3n) is 3.50. The minimum atomic E-state index is 0.140. The lowest BCUT2D eigenvalue weighted by Crippen LogP contribution is -2.33. The summed E-state index contributed by atoms with van der Waals surface area (Å²) in [6, 6.07) is 0.233. The maximum absolute atomic E-state index is 11.4. The number of nitrogens with two attached hydrogens (primary N) is 1. The van der Waals surface area contributed by atoms with E-state index in [0.717, 1.165) is 38.8 Å². The van der Waals surface area contributed by atoms with Crippen molar-refractivity contribution in [2.75, 3.05) is 18.8 Å². The average molecular weight is 271 g/mol. The number of hydrogen-bond donors (Lipinski definition) is 1. The van der Waals surface area contributed by atoms with Crippen LogP contribution in [0.5, 0.6) is 0 Å². The second kappa shape index (κ2) is 5.61. The molecule has 0 bridgehead atoms. The fourth-order valence-electron chi connectivity index (χ4n) is 2.42. The van der Waals surface area contributed by atoms with Crippen molar-refractivity contribution in [3.8, 4) is 0 Å². The average Bonchev–Trinajstić information content (AvgIpc) is 2.60. The first-order valence-electron chi connectivity index (χ1n) is 6.33. The molecule has 0 aliphatic carbocycles. The van der Waals surface area contributed by atoms with Crippen molar-refractivity contribution in [1.82, 2.24) is 14.7 Å². The van der Waals surface area contributed by atoms with Crippen molar-refractivity contribution in [3.63, 3.8) is 0 Å². The highest BCUT2D eigenvalue weighted by molar-refractivity contribution is 6.32. The van der Waals surface area contributed by atoms with Gasteiger partial charge in [0.25, 0.3) is 0 Å². The Kier molecular flexibility index (Phi) is 4.11. The predicted molar refractivity (Wildman–Crippen MR) is 71.4 cm³/mol. The molecule has 0 saturated carbocycles. The zero-order chi connectivity index (χ0) is 13.1. The van der Waals surface area contributed by atoms with E-state index in [1.807, 2.05) is 4.90 Å². The number of rotatable bonds is 1. The van der Waals surface area contributed by atoms with Crippen LogP contribution >= 0.6 is 11.6 Å². The molecule has 1 aromatic rings. The zero-order valence-electron chi connectivity index (χ0n) is 10.6. The van der Waals surface area contributed by atoms with Crippen LogP contribution in [0.3, 0.4) is 0 Å². The Morgan fingerprint density at radius 3 is 2.83 bits per heavy atom. The van der Waals surface area contributed by atoms with Gasteiger partial charge in [-0.15, -0.1) is 0 Å². The van der Waals surface area contributed by atoms with E-state index in [0.29, 0.717) is 10.8 Å². The zero-order valence-corrected chi connectivity index (χ0v) is 11.4. The summed E-state index contributed by atoms with van der Waals surface area (Å²) in [5.41, 5.74) is 6.23. The van der Waals surface area contributed by atoms with Crippen molar-refractivity contribution in [3.05, 3.63) is 11.3 Å². The van der Waals surface area contributed by atoms with E-state index < -0.39 is 0 Å². The lowest BCUT2D eigenvalue weighted by Gasteiger charge is -2.28. The number of nitrogens with zero attached hydrogens (tertiary/aromatic N) is 3. The molecule has 1 fully saturated rings. The Balaban J connectivity index is 2.09. The van der Waals surface area contributed by atoms with Crippen molar-refractivity contribution < 1.29 is 4.79 Å².